The number of pyridine rings is 2. The molecule has 132 valence electrons. The molecular formula is C22H16N2O3. The van der Waals surface area contributed by atoms with Gasteiger partial charge in [0.05, 0.1) is 10.9 Å². The molecule has 1 aromatic carbocycles. The molecule has 0 radical (unpaired) electrons. The van der Waals surface area contributed by atoms with Gasteiger partial charge in [-0.05, 0) is 42.3 Å². The zero-order valence-electron chi connectivity index (χ0n) is 14.6. The summed E-state index contributed by atoms with van der Waals surface area (Å²) in [6.07, 6.45) is 2.98. The maximum Gasteiger partial charge on any atom is 0.270 e. The van der Waals surface area contributed by atoms with E-state index in [-0.39, 0.29) is 11.3 Å². The number of benzene rings is 2. The first-order valence-electron chi connectivity index (χ1n) is 8.46. The molecule has 2 aliphatic carbocycles. The van der Waals surface area contributed by atoms with E-state index in [0.717, 1.165) is 0 Å². The summed E-state index contributed by atoms with van der Waals surface area (Å²) in [6, 6.07) is 19.1. The van der Waals surface area contributed by atoms with Crippen LogP contribution < -0.4 is 5.56 Å². The molecule has 0 aliphatic heterocycles. The van der Waals surface area contributed by atoms with E-state index in [1.165, 1.54) is 35.0 Å². The summed E-state index contributed by atoms with van der Waals surface area (Å²) in [7, 11) is 0. The highest BCUT2D eigenvalue weighted by Gasteiger charge is 2.20. The average Bonchev–Trinajstić information content (AvgIpc) is 3.28. The van der Waals surface area contributed by atoms with E-state index in [4.69, 9.17) is 0 Å². The third-order valence-corrected chi connectivity index (χ3v) is 4.43. The average molecular weight is 356 g/mol. The lowest BCUT2D eigenvalue weighted by Crippen LogP contribution is -2.25. The molecule has 5 heteroatoms. The highest BCUT2D eigenvalue weighted by atomic mass is 16.3. The number of ketones is 1. The Bertz CT molecular complexity index is 1210. The van der Waals surface area contributed by atoms with Crippen molar-refractivity contribution in [2.45, 2.75) is 6.92 Å². The number of carbonyl (C=O) groups is 1. The van der Waals surface area contributed by atoms with Gasteiger partial charge in [-0.25, -0.2) is 0 Å². The van der Waals surface area contributed by atoms with Crippen LogP contribution in [0.1, 0.15) is 17.3 Å². The Morgan fingerprint density at radius 1 is 1.00 bits per heavy atom. The summed E-state index contributed by atoms with van der Waals surface area (Å²) in [5.41, 5.74) is 3.22. The van der Waals surface area contributed by atoms with Gasteiger partial charge in [0.25, 0.3) is 5.56 Å². The molecule has 2 aromatic heterocycles. The lowest BCUT2D eigenvalue weighted by Gasteiger charge is -2.13. The minimum atomic E-state index is -0.537. The normalized spacial score (nSPS) is 10.9. The van der Waals surface area contributed by atoms with Gasteiger partial charge < -0.3 is 5.11 Å². The second-order valence-corrected chi connectivity index (χ2v) is 6.23. The molecule has 2 aliphatic rings. The van der Waals surface area contributed by atoms with Crippen LogP contribution in [0.3, 0.4) is 0 Å². The summed E-state index contributed by atoms with van der Waals surface area (Å²) in [5.74, 6) is -0.796. The molecule has 2 heterocycles. The zero-order valence-corrected chi connectivity index (χ0v) is 14.6. The number of nitrogens with zero attached hydrogens (tertiary/aromatic N) is 2. The number of aromatic nitrogens is 2. The Kier molecular flexibility index (Phi) is 4.05. The topological polar surface area (TPSA) is 72.2 Å². The van der Waals surface area contributed by atoms with Gasteiger partial charge in [0, 0.05) is 18.1 Å². The molecule has 3 aromatic rings. The first kappa shape index (κ1) is 16.7. The predicted octanol–water partition coefficient (Wildman–Crippen LogP) is 3.96. The van der Waals surface area contributed by atoms with Crippen LogP contribution in [0.4, 0.5) is 0 Å². The summed E-state index contributed by atoms with van der Waals surface area (Å²) in [6.45, 7) is 1.26. The van der Waals surface area contributed by atoms with Gasteiger partial charge in [0.1, 0.15) is 11.3 Å². The van der Waals surface area contributed by atoms with Crippen LogP contribution >= 0.6 is 0 Å². The van der Waals surface area contributed by atoms with Gasteiger partial charge in [0.15, 0.2) is 5.78 Å². The van der Waals surface area contributed by atoms with Crippen molar-refractivity contribution in [2.24, 2.45) is 0 Å². The molecular weight excluding hydrogens is 340 g/mol. The molecule has 0 amide bonds. The molecule has 27 heavy (non-hydrogen) atoms. The minimum absolute atomic E-state index is 0.223. The third kappa shape index (κ3) is 3.00. The first-order chi connectivity index (χ1) is 13.1. The monoisotopic (exact) mass is 356 g/mol. The summed E-state index contributed by atoms with van der Waals surface area (Å²) >= 11 is 0. The molecule has 1 N–H and O–H groups in total. The van der Waals surface area contributed by atoms with Crippen molar-refractivity contribution in [3.63, 3.8) is 0 Å². The number of carbonyl (C=O) groups excluding carboxylic acids is 1. The number of Topliss-reactive ketones (excluding diaryl/α,β-unsaturated/α-hetero) is 1. The van der Waals surface area contributed by atoms with Crippen LogP contribution in [-0.4, -0.2) is 20.4 Å². The lowest BCUT2D eigenvalue weighted by molar-refractivity contribution is 0.101. The van der Waals surface area contributed by atoms with Gasteiger partial charge in [0.2, 0.25) is 0 Å². The van der Waals surface area contributed by atoms with E-state index in [0.29, 0.717) is 16.6 Å². The number of fused-ring (bicyclic) bond motifs is 2. The van der Waals surface area contributed by atoms with Crippen molar-refractivity contribution in [1.29, 1.82) is 0 Å². The molecule has 0 atom stereocenters. The van der Waals surface area contributed by atoms with Crippen molar-refractivity contribution in [2.75, 3.05) is 0 Å². The Morgan fingerprint density at radius 3 is 2.26 bits per heavy atom. The highest BCUT2D eigenvalue weighted by molar-refractivity contribution is 6.02. The lowest BCUT2D eigenvalue weighted by atomic mass is 10.1. The van der Waals surface area contributed by atoms with Crippen molar-refractivity contribution in [1.82, 2.24) is 9.55 Å². The van der Waals surface area contributed by atoms with Crippen LogP contribution in [0.2, 0.25) is 0 Å². The van der Waals surface area contributed by atoms with E-state index in [2.05, 4.69) is 29.2 Å². The van der Waals surface area contributed by atoms with Crippen LogP contribution in [0.15, 0.2) is 77.9 Å². The Balaban J connectivity index is 0.000000250. The number of hydrogen-bond donors (Lipinski definition) is 1. The van der Waals surface area contributed by atoms with Gasteiger partial charge in [-0.2, -0.15) is 0 Å². The third-order valence-electron chi connectivity index (χ3n) is 4.43. The standard InChI is InChI=1S/C16H12N2O3.C6H4/c1-10(19)14-15(20)12-9-17-8-7-13(12)18(16(14)21)11-5-3-2-4-6-11;1-2-5-4-6(5)3-1/h2-9,20H,1H3;1-4H. The second-order valence-electron chi connectivity index (χ2n) is 6.23. The van der Waals surface area contributed by atoms with Crippen LogP contribution in [-0.2, 0) is 0 Å². The number of rotatable bonds is 2. The number of aromatic hydroxyl groups is 1. The fraction of sp³-hybridized carbons (Fsp3) is 0.0455. The van der Waals surface area contributed by atoms with Crippen LogP contribution in [0.5, 0.6) is 5.75 Å². The predicted molar refractivity (Wildman–Crippen MR) is 104 cm³/mol. The second kappa shape index (κ2) is 6.53. The molecule has 0 unspecified atom stereocenters. The van der Waals surface area contributed by atoms with Gasteiger partial charge in [-0.3, -0.25) is 19.1 Å². The van der Waals surface area contributed by atoms with Gasteiger partial charge in [-0.15, -0.1) is 0 Å². The minimum Gasteiger partial charge on any atom is -0.506 e. The highest BCUT2D eigenvalue weighted by Crippen LogP contribution is 2.32. The van der Waals surface area contributed by atoms with Crippen molar-refractivity contribution < 1.29 is 9.90 Å². The molecule has 5 nitrogen and oxygen atoms in total. The fourth-order valence-electron chi connectivity index (χ4n) is 3.05. The van der Waals surface area contributed by atoms with E-state index < -0.39 is 11.3 Å². The molecule has 5 rings (SSSR count). The van der Waals surface area contributed by atoms with Crippen LogP contribution in [0, 0.1) is 0 Å². The fourth-order valence-corrected chi connectivity index (χ4v) is 3.05. The summed E-state index contributed by atoms with van der Waals surface area (Å²) < 4.78 is 1.41. The van der Waals surface area contributed by atoms with Crippen molar-refractivity contribution in [3.05, 3.63) is 89.0 Å². The molecule has 0 spiro atoms. The maximum absolute atomic E-state index is 12.6. The van der Waals surface area contributed by atoms with Gasteiger partial charge >= 0.3 is 0 Å². The summed E-state index contributed by atoms with van der Waals surface area (Å²) in [4.78, 5) is 28.3. The quantitative estimate of drug-likeness (QED) is 0.486. The Labute approximate surface area is 155 Å². The van der Waals surface area contributed by atoms with Gasteiger partial charge in [-0.1, -0.05) is 36.4 Å². The van der Waals surface area contributed by atoms with Crippen LogP contribution in [0.25, 0.3) is 27.7 Å². The first-order valence-corrected chi connectivity index (χ1v) is 8.46. The zero-order chi connectivity index (χ0) is 19.0. The maximum atomic E-state index is 12.6. The molecule has 0 fully saturated rings. The van der Waals surface area contributed by atoms with E-state index in [1.54, 1.807) is 30.3 Å². The Morgan fingerprint density at radius 2 is 1.70 bits per heavy atom. The van der Waals surface area contributed by atoms with E-state index in [1.807, 2.05) is 6.07 Å². The SMILES string of the molecule is CC(=O)c1c(O)c2cnccc2n(-c2ccccc2)c1=O.c1cc2cc-2c1. The summed E-state index contributed by atoms with van der Waals surface area (Å²) in [5, 5.41) is 10.6. The number of para-hydroxylation sites is 1. The molecule has 0 saturated heterocycles. The van der Waals surface area contributed by atoms with Crippen molar-refractivity contribution >= 4 is 16.7 Å². The Hall–Kier alpha value is -3.73. The largest absolute Gasteiger partial charge is 0.506 e. The van der Waals surface area contributed by atoms with E-state index in [9.17, 15) is 14.7 Å². The molecule has 0 bridgehead atoms. The smallest absolute Gasteiger partial charge is 0.270 e. The van der Waals surface area contributed by atoms with E-state index >= 15 is 0 Å². The number of hydrogen-bond acceptors (Lipinski definition) is 4. The van der Waals surface area contributed by atoms with Crippen molar-refractivity contribution in [3.8, 4) is 22.6 Å². The molecule has 0 saturated carbocycles.